The second kappa shape index (κ2) is 7.20. The van der Waals surface area contributed by atoms with Crippen molar-refractivity contribution in [3.8, 4) is 0 Å². The Morgan fingerprint density at radius 2 is 1.70 bits per heavy atom. The van der Waals surface area contributed by atoms with Crippen LogP contribution in [0, 0.1) is 5.92 Å². The second-order valence-corrected chi connectivity index (χ2v) is 7.21. The summed E-state index contributed by atoms with van der Waals surface area (Å²) in [6.07, 6.45) is 2.32. The van der Waals surface area contributed by atoms with Gasteiger partial charge in [-0.3, -0.25) is 0 Å². The molecular formula is C15H26N2O2S. The zero-order valence-electron chi connectivity index (χ0n) is 12.8. The zero-order valence-corrected chi connectivity index (χ0v) is 13.6. The van der Waals surface area contributed by atoms with Crippen molar-refractivity contribution in [3.63, 3.8) is 0 Å². The van der Waals surface area contributed by atoms with E-state index in [0.29, 0.717) is 12.0 Å². The molecule has 1 aromatic carbocycles. The number of rotatable bonds is 7. The number of nitrogens with two attached hydrogens (primary N) is 1. The lowest BCUT2D eigenvalue weighted by Gasteiger charge is -2.22. The molecule has 0 aliphatic carbocycles. The van der Waals surface area contributed by atoms with Gasteiger partial charge >= 0.3 is 0 Å². The van der Waals surface area contributed by atoms with E-state index in [9.17, 15) is 8.42 Å². The van der Waals surface area contributed by atoms with Gasteiger partial charge < -0.3 is 5.32 Å². The van der Waals surface area contributed by atoms with E-state index in [-0.39, 0.29) is 10.9 Å². The van der Waals surface area contributed by atoms with Gasteiger partial charge in [0, 0.05) is 12.1 Å². The minimum atomic E-state index is -3.61. The van der Waals surface area contributed by atoms with Crippen LogP contribution < -0.4 is 10.5 Å². The highest BCUT2D eigenvalue weighted by Crippen LogP contribution is 2.18. The number of hydrogen-bond acceptors (Lipinski definition) is 3. The molecule has 3 atom stereocenters. The van der Waals surface area contributed by atoms with Gasteiger partial charge in [0.15, 0.2) is 0 Å². The third-order valence-electron chi connectivity index (χ3n) is 3.70. The molecule has 1 rings (SSSR count). The fourth-order valence-corrected chi connectivity index (χ4v) is 2.82. The first-order valence-electron chi connectivity index (χ1n) is 7.12. The summed E-state index contributed by atoms with van der Waals surface area (Å²) in [5.41, 5.74) is 1.06. The number of hydrogen-bond donors (Lipinski definition) is 2. The summed E-state index contributed by atoms with van der Waals surface area (Å²) in [7, 11) is -3.61. The minimum Gasteiger partial charge on any atom is -0.308 e. The van der Waals surface area contributed by atoms with Crippen molar-refractivity contribution < 1.29 is 8.42 Å². The molecule has 5 heteroatoms. The lowest BCUT2D eigenvalue weighted by atomic mass is 9.99. The summed E-state index contributed by atoms with van der Waals surface area (Å²) in [5, 5.41) is 8.63. The molecule has 0 fully saturated rings. The van der Waals surface area contributed by atoms with Crippen molar-refractivity contribution in [2.75, 3.05) is 0 Å². The minimum absolute atomic E-state index is 0.154. The SMILES string of the molecule is CCC(C)CC(C)NC(C)c1ccc(S(N)(=O)=O)cc1. The quantitative estimate of drug-likeness (QED) is 0.813. The van der Waals surface area contributed by atoms with E-state index < -0.39 is 10.0 Å². The topological polar surface area (TPSA) is 72.2 Å². The van der Waals surface area contributed by atoms with Crippen LogP contribution in [0.1, 0.15) is 52.1 Å². The van der Waals surface area contributed by atoms with Gasteiger partial charge in [0.2, 0.25) is 10.0 Å². The molecule has 0 bridgehead atoms. The Bertz CT molecular complexity index is 511. The van der Waals surface area contributed by atoms with E-state index >= 15 is 0 Å². The standard InChI is InChI=1S/C15H26N2O2S/c1-5-11(2)10-12(3)17-13(4)14-6-8-15(9-7-14)20(16,18)19/h6-9,11-13,17H,5,10H2,1-4H3,(H2,16,18,19). The highest BCUT2D eigenvalue weighted by molar-refractivity contribution is 7.89. The molecule has 0 heterocycles. The van der Waals surface area contributed by atoms with Gasteiger partial charge in [0.1, 0.15) is 0 Å². The maximum Gasteiger partial charge on any atom is 0.238 e. The molecule has 1 aromatic rings. The van der Waals surface area contributed by atoms with E-state index in [1.165, 1.54) is 6.42 Å². The molecule has 3 N–H and O–H groups in total. The summed E-state index contributed by atoms with van der Waals surface area (Å²) in [5.74, 6) is 0.703. The molecule has 114 valence electrons. The largest absolute Gasteiger partial charge is 0.308 e. The van der Waals surface area contributed by atoms with Crippen LogP contribution in [0.3, 0.4) is 0 Å². The van der Waals surface area contributed by atoms with Gasteiger partial charge in [-0.15, -0.1) is 0 Å². The van der Waals surface area contributed by atoms with Gasteiger partial charge in [-0.05, 0) is 43.9 Å². The maximum atomic E-state index is 11.2. The fraction of sp³-hybridized carbons (Fsp3) is 0.600. The highest BCUT2D eigenvalue weighted by Gasteiger charge is 2.13. The molecule has 0 aromatic heterocycles. The van der Waals surface area contributed by atoms with Crippen molar-refractivity contribution in [3.05, 3.63) is 29.8 Å². The van der Waals surface area contributed by atoms with Crippen LogP contribution in [-0.2, 0) is 10.0 Å². The predicted molar refractivity (Wildman–Crippen MR) is 82.9 cm³/mol. The molecule has 4 nitrogen and oxygen atoms in total. The third kappa shape index (κ3) is 5.23. The average Bonchev–Trinajstić information content (AvgIpc) is 2.37. The molecule has 0 amide bonds. The Kier molecular flexibility index (Phi) is 6.17. The van der Waals surface area contributed by atoms with Gasteiger partial charge in [0.25, 0.3) is 0 Å². The van der Waals surface area contributed by atoms with E-state index in [4.69, 9.17) is 5.14 Å². The summed E-state index contributed by atoms with van der Waals surface area (Å²) >= 11 is 0. The Morgan fingerprint density at radius 3 is 2.15 bits per heavy atom. The molecule has 0 spiro atoms. The number of benzene rings is 1. The molecule has 0 saturated carbocycles. The van der Waals surface area contributed by atoms with E-state index in [1.54, 1.807) is 12.1 Å². The maximum absolute atomic E-state index is 11.2. The van der Waals surface area contributed by atoms with Gasteiger partial charge in [-0.1, -0.05) is 32.4 Å². The van der Waals surface area contributed by atoms with Crippen molar-refractivity contribution in [1.29, 1.82) is 0 Å². The summed E-state index contributed by atoms with van der Waals surface area (Å²) in [6.45, 7) is 8.72. The molecule has 0 saturated heterocycles. The first kappa shape index (κ1) is 17.1. The zero-order chi connectivity index (χ0) is 15.3. The Hall–Kier alpha value is -0.910. The molecule has 3 unspecified atom stereocenters. The lowest BCUT2D eigenvalue weighted by molar-refractivity contribution is 0.385. The van der Waals surface area contributed by atoms with Crippen molar-refractivity contribution in [1.82, 2.24) is 5.32 Å². The fourth-order valence-electron chi connectivity index (χ4n) is 2.31. The van der Waals surface area contributed by atoms with Crippen LogP contribution in [0.4, 0.5) is 0 Å². The van der Waals surface area contributed by atoms with E-state index in [0.717, 1.165) is 12.0 Å². The molecular weight excluding hydrogens is 272 g/mol. The summed E-state index contributed by atoms with van der Waals surface area (Å²) in [6, 6.07) is 7.35. The second-order valence-electron chi connectivity index (χ2n) is 5.65. The van der Waals surface area contributed by atoms with Crippen molar-refractivity contribution in [2.24, 2.45) is 11.1 Å². The lowest BCUT2D eigenvalue weighted by Crippen LogP contribution is -2.30. The molecule has 0 radical (unpaired) electrons. The third-order valence-corrected chi connectivity index (χ3v) is 4.63. The van der Waals surface area contributed by atoms with Crippen LogP contribution in [-0.4, -0.2) is 14.5 Å². The van der Waals surface area contributed by atoms with Gasteiger partial charge in [0.05, 0.1) is 4.90 Å². The Morgan fingerprint density at radius 1 is 1.15 bits per heavy atom. The monoisotopic (exact) mass is 298 g/mol. The van der Waals surface area contributed by atoms with E-state index in [1.807, 2.05) is 12.1 Å². The summed E-state index contributed by atoms with van der Waals surface area (Å²) in [4.78, 5) is 0.154. The van der Waals surface area contributed by atoms with Crippen LogP contribution in [0.15, 0.2) is 29.2 Å². The number of sulfonamides is 1. The van der Waals surface area contributed by atoms with Crippen LogP contribution in [0.2, 0.25) is 0 Å². The first-order chi connectivity index (χ1) is 9.24. The normalized spacial score (nSPS) is 16.6. The van der Waals surface area contributed by atoms with Crippen molar-refractivity contribution in [2.45, 2.75) is 57.5 Å². The van der Waals surface area contributed by atoms with Crippen LogP contribution in [0.25, 0.3) is 0 Å². The Balaban J connectivity index is 2.66. The predicted octanol–water partition coefficient (Wildman–Crippen LogP) is 2.81. The van der Waals surface area contributed by atoms with E-state index in [2.05, 4.69) is 33.0 Å². The van der Waals surface area contributed by atoms with Crippen molar-refractivity contribution >= 4 is 10.0 Å². The molecule has 20 heavy (non-hydrogen) atoms. The average molecular weight is 298 g/mol. The highest BCUT2D eigenvalue weighted by atomic mass is 32.2. The Labute approximate surface area is 122 Å². The van der Waals surface area contributed by atoms with Gasteiger partial charge in [-0.25, -0.2) is 13.6 Å². The summed E-state index contributed by atoms with van der Waals surface area (Å²) < 4.78 is 22.4. The number of primary sulfonamides is 1. The molecule has 0 aliphatic rings. The molecule has 0 aliphatic heterocycles. The van der Waals surface area contributed by atoms with Crippen LogP contribution in [0.5, 0.6) is 0 Å². The smallest absolute Gasteiger partial charge is 0.238 e. The number of nitrogens with one attached hydrogen (secondary N) is 1. The first-order valence-corrected chi connectivity index (χ1v) is 8.67. The van der Waals surface area contributed by atoms with Gasteiger partial charge in [-0.2, -0.15) is 0 Å². The van der Waals surface area contributed by atoms with Crippen LogP contribution >= 0.6 is 0 Å².